The van der Waals surface area contributed by atoms with Crippen LogP contribution in [0.1, 0.15) is 52.4 Å². The molecule has 1 heterocycles. The Morgan fingerprint density at radius 2 is 1.86 bits per heavy atom. The molecule has 1 N–H and O–H groups in total. The molecule has 1 spiro atoms. The van der Waals surface area contributed by atoms with E-state index in [-0.39, 0.29) is 11.8 Å². The van der Waals surface area contributed by atoms with E-state index in [9.17, 15) is 4.79 Å². The zero-order valence-electron chi connectivity index (χ0n) is 12.8. The maximum absolute atomic E-state index is 12.1. The second kappa shape index (κ2) is 5.58. The van der Waals surface area contributed by atoms with Crippen LogP contribution in [0.2, 0.25) is 0 Å². The van der Waals surface area contributed by atoms with Gasteiger partial charge in [0.25, 0.3) is 5.79 Å². The highest BCUT2D eigenvalue weighted by atomic mass is 16.7. The van der Waals surface area contributed by atoms with Crippen LogP contribution in [0.5, 0.6) is 11.5 Å². The normalized spacial score (nSPS) is 18.4. The summed E-state index contributed by atoms with van der Waals surface area (Å²) < 4.78 is 12.0. The number of hydrogen-bond acceptors (Lipinski definition) is 3. The van der Waals surface area contributed by atoms with Crippen LogP contribution < -0.4 is 14.8 Å². The highest BCUT2D eigenvalue weighted by molar-refractivity contribution is 5.92. The van der Waals surface area contributed by atoms with E-state index in [0.717, 1.165) is 55.7 Å². The van der Waals surface area contributed by atoms with Crippen LogP contribution in [0, 0.1) is 5.92 Å². The lowest BCUT2D eigenvalue weighted by Crippen LogP contribution is -2.34. The lowest BCUT2D eigenvalue weighted by atomic mass is 10.0. The predicted molar refractivity (Wildman–Crippen MR) is 81.6 cm³/mol. The summed E-state index contributed by atoms with van der Waals surface area (Å²) in [6.07, 6.45) is 5.89. The Labute approximate surface area is 125 Å². The Morgan fingerprint density at radius 3 is 2.52 bits per heavy atom. The van der Waals surface area contributed by atoms with Gasteiger partial charge in [-0.15, -0.1) is 0 Å². The van der Waals surface area contributed by atoms with Gasteiger partial charge in [0, 0.05) is 30.5 Å². The largest absolute Gasteiger partial charge is 0.448 e. The number of carbonyl (C=O) groups is 1. The van der Waals surface area contributed by atoms with E-state index in [1.807, 2.05) is 32.0 Å². The highest BCUT2D eigenvalue weighted by Gasteiger charge is 2.44. The molecule has 1 amide bonds. The third kappa shape index (κ3) is 2.71. The topological polar surface area (TPSA) is 47.6 Å². The quantitative estimate of drug-likeness (QED) is 0.907. The van der Waals surface area contributed by atoms with Gasteiger partial charge in [0.15, 0.2) is 11.5 Å². The van der Waals surface area contributed by atoms with Gasteiger partial charge in [0.05, 0.1) is 0 Å². The number of rotatable bonds is 4. The minimum Gasteiger partial charge on any atom is -0.448 e. The van der Waals surface area contributed by atoms with Gasteiger partial charge in [-0.2, -0.15) is 0 Å². The summed E-state index contributed by atoms with van der Waals surface area (Å²) in [5.41, 5.74) is 0.782. The fourth-order valence-corrected chi connectivity index (χ4v) is 3.19. The Kier molecular flexibility index (Phi) is 3.79. The average molecular weight is 289 g/mol. The summed E-state index contributed by atoms with van der Waals surface area (Å²) in [6.45, 7) is 4.08. The van der Waals surface area contributed by atoms with Gasteiger partial charge >= 0.3 is 0 Å². The van der Waals surface area contributed by atoms with E-state index in [2.05, 4.69) is 5.32 Å². The minimum atomic E-state index is -0.444. The monoisotopic (exact) mass is 289 g/mol. The molecular formula is C17H23NO3. The number of nitrogens with one attached hydrogen (secondary N) is 1. The Hall–Kier alpha value is -1.71. The van der Waals surface area contributed by atoms with Crippen LogP contribution in [-0.2, 0) is 4.79 Å². The Balaban J connectivity index is 1.72. The number of amides is 1. The van der Waals surface area contributed by atoms with Crippen LogP contribution in [0.25, 0.3) is 0 Å². The molecular weight excluding hydrogens is 266 g/mol. The molecule has 3 rings (SSSR count). The van der Waals surface area contributed by atoms with Crippen molar-refractivity contribution in [3.8, 4) is 11.5 Å². The molecule has 1 saturated carbocycles. The van der Waals surface area contributed by atoms with Gasteiger partial charge in [0.1, 0.15) is 0 Å². The number of benzene rings is 1. The van der Waals surface area contributed by atoms with E-state index < -0.39 is 5.79 Å². The van der Waals surface area contributed by atoms with Gasteiger partial charge in [0.2, 0.25) is 5.91 Å². The van der Waals surface area contributed by atoms with Crippen molar-refractivity contribution >= 4 is 11.6 Å². The van der Waals surface area contributed by atoms with Crippen molar-refractivity contribution in [1.82, 2.24) is 0 Å². The SMILES string of the molecule is CCC(CC)C(=O)Nc1ccc2c(c1)OC1(CCCC1)O2. The predicted octanol–water partition coefficient (Wildman–Crippen LogP) is 4.10. The van der Waals surface area contributed by atoms with Crippen LogP contribution in [0.3, 0.4) is 0 Å². The first-order valence-electron chi connectivity index (χ1n) is 7.99. The first-order valence-corrected chi connectivity index (χ1v) is 7.99. The van der Waals surface area contributed by atoms with Crippen molar-refractivity contribution in [2.24, 2.45) is 5.92 Å². The first kappa shape index (κ1) is 14.2. The zero-order chi connectivity index (χ0) is 14.9. The summed E-state index contributed by atoms with van der Waals surface area (Å²) in [6, 6.07) is 5.66. The van der Waals surface area contributed by atoms with Crippen LogP contribution >= 0.6 is 0 Å². The number of hydrogen-bond donors (Lipinski definition) is 1. The van der Waals surface area contributed by atoms with E-state index in [0.29, 0.717) is 0 Å². The highest BCUT2D eigenvalue weighted by Crippen LogP contribution is 2.47. The summed E-state index contributed by atoms with van der Waals surface area (Å²) in [7, 11) is 0. The summed E-state index contributed by atoms with van der Waals surface area (Å²) >= 11 is 0. The average Bonchev–Trinajstić information content (AvgIpc) is 3.06. The molecule has 1 aromatic rings. The van der Waals surface area contributed by atoms with E-state index in [4.69, 9.17) is 9.47 Å². The van der Waals surface area contributed by atoms with Crippen LogP contribution in [-0.4, -0.2) is 11.7 Å². The summed E-state index contributed by atoms with van der Waals surface area (Å²) in [5, 5.41) is 2.98. The fourth-order valence-electron chi connectivity index (χ4n) is 3.19. The molecule has 1 aromatic carbocycles. The molecule has 0 saturated heterocycles. The Bertz CT molecular complexity index is 531. The molecule has 0 atom stereocenters. The Morgan fingerprint density at radius 1 is 1.19 bits per heavy atom. The zero-order valence-corrected chi connectivity index (χ0v) is 12.8. The molecule has 4 nitrogen and oxygen atoms in total. The third-order valence-electron chi connectivity index (χ3n) is 4.52. The maximum Gasteiger partial charge on any atom is 0.251 e. The van der Waals surface area contributed by atoms with Gasteiger partial charge in [-0.25, -0.2) is 0 Å². The molecule has 0 bridgehead atoms. The molecule has 1 aliphatic heterocycles. The van der Waals surface area contributed by atoms with Gasteiger partial charge in [-0.05, 0) is 37.8 Å². The molecule has 114 valence electrons. The van der Waals surface area contributed by atoms with Crippen molar-refractivity contribution in [2.75, 3.05) is 5.32 Å². The molecule has 1 aliphatic carbocycles. The van der Waals surface area contributed by atoms with Crippen LogP contribution in [0.4, 0.5) is 5.69 Å². The van der Waals surface area contributed by atoms with E-state index >= 15 is 0 Å². The van der Waals surface area contributed by atoms with Crippen LogP contribution in [0.15, 0.2) is 18.2 Å². The molecule has 1 fully saturated rings. The molecule has 0 radical (unpaired) electrons. The first-order chi connectivity index (χ1) is 10.2. The van der Waals surface area contributed by atoms with Crippen molar-refractivity contribution in [3.05, 3.63) is 18.2 Å². The number of carbonyl (C=O) groups excluding carboxylic acids is 1. The van der Waals surface area contributed by atoms with E-state index in [1.54, 1.807) is 0 Å². The fraction of sp³-hybridized carbons (Fsp3) is 0.588. The molecule has 4 heteroatoms. The minimum absolute atomic E-state index is 0.0663. The second-order valence-electron chi connectivity index (χ2n) is 5.99. The molecule has 0 unspecified atom stereocenters. The second-order valence-corrected chi connectivity index (χ2v) is 5.99. The van der Waals surface area contributed by atoms with Gasteiger partial charge < -0.3 is 14.8 Å². The van der Waals surface area contributed by atoms with E-state index in [1.165, 1.54) is 0 Å². The van der Waals surface area contributed by atoms with Gasteiger partial charge in [-0.1, -0.05) is 13.8 Å². The van der Waals surface area contributed by atoms with Crippen molar-refractivity contribution in [2.45, 2.75) is 58.2 Å². The van der Waals surface area contributed by atoms with Crippen molar-refractivity contribution in [1.29, 1.82) is 0 Å². The van der Waals surface area contributed by atoms with Gasteiger partial charge in [-0.3, -0.25) is 4.79 Å². The number of ether oxygens (including phenoxy) is 2. The summed E-state index contributed by atoms with van der Waals surface area (Å²) in [4.78, 5) is 12.1. The number of anilines is 1. The van der Waals surface area contributed by atoms with Crippen molar-refractivity contribution < 1.29 is 14.3 Å². The lowest BCUT2D eigenvalue weighted by Gasteiger charge is -2.21. The van der Waals surface area contributed by atoms with Crippen molar-refractivity contribution in [3.63, 3.8) is 0 Å². The standard InChI is InChI=1S/C17H23NO3/c1-3-12(4-2)16(19)18-13-7-8-14-15(11-13)21-17(20-14)9-5-6-10-17/h7-8,11-12H,3-6,9-10H2,1-2H3,(H,18,19). The lowest BCUT2D eigenvalue weighted by molar-refractivity contribution is -0.120. The summed E-state index contributed by atoms with van der Waals surface area (Å²) in [5.74, 6) is 1.24. The third-order valence-corrected chi connectivity index (χ3v) is 4.52. The molecule has 0 aromatic heterocycles. The number of fused-ring (bicyclic) bond motifs is 1. The maximum atomic E-state index is 12.1. The smallest absolute Gasteiger partial charge is 0.251 e. The molecule has 21 heavy (non-hydrogen) atoms. The molecule has 2 aliphatic rings.